The second kappa shape index (κ2) is 6.83. The number of anilines is 3. The standard InChI is InChI=1S/C17H23N5O/c1-13-11-16(22-9-7-21(2)8-10-22)20-17(18-13)19-14-5-4-6-15(12-14)23-3/h4-6,11-12H,7-10H2,1-3H3,(H,18,19,20). The average Bonchev–Trinajstić information content (AvgIpc) is 2.55. The van der Waals surface area contributed by atoms with Crippen LogP contribution >= 0.6 is 0 Å². The van der Waals surface area contributed by atoms with Gasteiger partial charge in [-0.3, -0.25) is 0 Å². The van der Waals surface area contributed by atoms with Crippen LogP contribution in [0.2, 0.25) is 0 Å². The molecule has 1 aromatic carbocycles. The molecule has 1 N–H and O–H groups in total. The molecule has 0 aliphatic carbocycles. The van der Waals surface area contributed by atoms with Crippen LogP contribution in [0.1, 0.15) is 5.69 Å². The summed E-state index contributed by atoms with van der Waals surface area (Å²) in [5, 5.41) is 3.27. The molecule has 2 aromatic rings. The van der Waals surface area contributed by atoms with Gasteiger partial charge in [0, 0.05) is 49.7 Å². The Morgan fingerprint density at radius 2 is 1.87 bits per heavy atom. The molecule has 0 amide bonds. The van der Waals surface area contributed by atoms with Crippen molar-refractivity contribution in [1.82, 2.24) is 14.9 Å². The van der Waals surface area contributed by atoms with Gasteiger partial charge >= 0.3 is 0 Å². The molecule has 6 nitrogen and oxygen atoms in total. The average molecular weight is 313 g/mol. The topological polar surface area (TPSA) is 53.5 Å². The predicted octanol–water partition coefficient (Wildman–Crippen LogP) is 2.29. The number of benzene rings is 1. The van der Waals surface area contributed by atoms with Crippen molar-refractivity contribution in [1.29, 1.82) is 0 Å². The Morgan fingerprint density at radius 1 is 1.09 bits per heavy atom. The van der Waals surface area contributed by atoms with E-state index in [1.54, 1.807) is 7.11 Å². The summed E-state index contributed by atoms with van der Waals surface area (Å²) in [7, 11) is 3.81. The fourth-order valence-corrected chi connectivity index (χ4v) is 2.64. The summed E-state index contributed by atoms with van der Waals surface area (Å²) >= 11 is 0. The molecule has 23 heavy (non-hydrogen) atoms. The van der Waals surface area contributed by atoms with E-state index < -0.39 is 0 Å². The van der Waals surface area contributed by atoms with Gasteiger partial charge in [0.25, 0.3) is 0 Å². The van der Waals surface area contributed by atoms with Crippen LogP contribution in [0.15, 0.2) is 30.3 Å². The van der Waals surface area contributed by atoms with Gasteiger partial charge in [0.2, 0.25) is 5.95 Å². The Bertz CT molecular complexity index is 668. The first-order chi connectivity index (χ1) is 11.1. The predicted molar refractivity (Wildman–Crippen MR) is 92.8 cm³/mol. The minimum Gasteiger partial charge on any atom is -0.497 e. The van der Waals surface area contributed by atoms with Gasteiger partial charge in [-0.15, -0.1) is 0 Å². The summed E-state index contributed by atoms with van der Waals surface area (Å²) in [6, 6.07) is 9.81. The number of ether oxygens (including phenoxy) is 1. The number of nitrogens with zero attached hydrogens (tertiary/aromatic N) is 4. The van der Waals surface area contributed by atoms with Crippen LogP contribution in [0.3, 0.4) is 0 Å². The van der Waals surface area contributed by atoms with E-state index in [2.05, 4.69) is 32.1 Å². The molecular weight excluding hydrogens is 290 g/mol. The van der Waals surface area contributed by atoms with Gasteiger partial charge in [-0.1, -0.05) is 6.07 Å². The second-order valence-electron chi connectivity index (χ2n) is 5.84. The summed E-state index contributed by atoms with van der Waals surface area (Å²) in [5.74, 6) is 2.41. The largest absolute Gasteiger partial charge is 0.497 e. The van der Waals surface area contributed by atoms with Gasteiger partial charge in [-0.05, 0) is 26.1 Å². The SMILES string of the molecule is COc1cccc(Nc2nc(C)cc(N3CCN(C)CC3)n2)c1. The fourth-order valence-electron chi connectivity index (χ4n) is 2.64. The van der Waals surface area contributed by atoms with Crippen molar-refractivity contribution in [3.05, 3.63) is 36.0 Å². The monoisotopic (exact) mass is 313 g/mol. The molecular formula is C17H23N5O. The lowest BCUT2D eigenvalue weighted by atomic mass is 10.3. The van der Waals surface area contributed by atoms with Gasteiger partial charge in [0.15, 0.2) is 0 Å². The highest BCUT2D eigenvalue weighted by atomic mass is 16.5. The summed E-state index contributed by atoms with van der Waals surface area (Å²) in [6.45, 7) is 6.10. The molecule has 1 saturated heterocycles. The third-order valence-electron chi connectivity index (χ3n) is 3.99. The molecule has 0 atom stereocenters. The highest BCUT2D eigenvalue weighted by Gasteiger charge is 2.16. The van der Waals surface area contributed by atoms with Crippen LogP contribution in [0, 0.1) is 6.92 Å². The zero-order chi connectivity index (χ0) is 16.2. The quantitative estimate of drug-likeness (QED) is 0.935. The highest BCUT2D eigenvalue weighted by molar-refractivity contribution is 5.57. The van der Waals surface area contributed by atoms with E-state index in [0.29, 0.717) is 5.95 Å². The van der Waals surface area contributed by atoms with Gasteiger partial charge in [0.05, 0.1) is 7.11 Å². The Morgan fingerprint density at radius 3 is 2.61 bits per heavy atom. The van der Waals surface area contributed by atoms with Gasteiger partial charge in [0.1, 0.15) is 11.6 Å². The minimum atomic E-state index is 0.618. The molecule has 1 aromatic heterocycles. The van der Waals surface area contributed by atoms with E-state index in [9.17, 15) is 0 Å². The normalized spacial score (nSPS) is 15.5. The Hall–Kier alpha value is -2.34. The van der Waals surface area contributed by atoms with Crippen molar-refractivity contribution in [3.63, 3.8) is 0 Å². The molecule has 3 rings (SSSR count). The Labute approximate surface area is 137 Å². The molecule has 1 aliphatic heterocycles. The number of methoxy groups -OCH3 is 1. The van der Waals surface area contributed by atoms with Crippen molar-refractivity contribution in [2.45, 2.75) is 6.92 Å². The van der Waals surface area contributed by atoms with Crippen LogP contribution < -0.4 is 15.0 Å². The number of aromatic nitrogens is 2. The maximum atomic E-state index is 5.25. The summed E-state index contributed by atoms with van der Waals surface area (Å²) < 4.78 is 5.25. The third kappa shape index (κ3) is 3.90. The molecule has 0 unspecified atom stereocenters. The van der Waals surface area contributed by atoms with E-state index in [-0.39, 0.29) is 0 Å². The van der Waals surface area contributed by atoms with Crippen molar-refractivity contribution >= 4 is 17.5 Å². The third-order valence-corrected chi connectivity index (χ3v) is 3.99. The molecule has 6 heteroatoms. The maximum absolute atomic E-state index is 5.25. The molecule has 2 heterocycles. The number of aryl methyl sites for hydroxylation is 1. The molecule has 1 aliphatic rings. The number of nitrogens with one attached hydrogen (secondary N) is 1. The van der Waals surface area contributed by atoms with E-state index in [0.717, 1.165) is 49.1 Å². The van der Waals surface area contributed by atoms with Gasteiger partial charge in [-0.2, -0.15) is 4.98 Å². The van der Waals surface area contributed by atoms with Crippen LogP contribution in [-0.4, -0.2) is 55.2 Å². The summed E-state index contributed by atoms with van der Waals surface area (Å²) in [4.78, 5) is 13.8. The highest BCUT2D eigenvalue weighted by Crippen LogP contribution is 2.22. The number of piperazine rings is 1. The first-order valence-corrected chi connectivity index (χ1v) is 7.84. The second-order valence-corrected chi connectivity index (χ2v) is 5.84. The van der Waals surface area contributed by atoms with Crippen LogP contribution in [0.25, 0.3) is 0 Å². The van der Waals surface area contributed by atoms with Crippen molar-refractivity contribution in [3.8, 4) is 5.75 Å². The van der Waals surface area contributed by atoms with Crippen molar-refractivity contribution in [2.75, 3.05) is 50.6 Å². The molecule has 0 saturated carbocycles. The zero-order valence-electron chi connectivity index (χ0n) is 13.9. The smallest absolute Gasteiger partial charge is 0.229 e. The first kappa shape index (κ1) is 15.6. The molecule has 1 fully saturated rings. The lowest BCUT2D eigenvalue weighted by molar-refractivity contribution is 0.312. The number of rotatable bonds is 4. The molecule has 0 radical (unpaired) electrons. The van der Waals surface area contributed by atoms with Crippen molar-refractivity contribution in [2.24, 2.45) is 0 Å². The van der Waals surface area contributed by atoms with E-state index >= 15 is 0 Å². The summed E-state index contributed by atoms with van der Waals surface area (Å²) in [6.07, 6.45) is 0. The van der Waals surface area contributed by atoms with Crippen LogP contribution in [0.5, 0.6) is 5.75 Å². The zero-order valence-corrected chi connectivity index (χ0v) is 13.9. The maximum Gasteiger partial charge on any atom is 0.229 e. The van der Waals surface area contributed by atoms with Crippen LogP contribution in [0.4, 0.5) is 17.5 Å². The fraction of sp³-hybridized carbons (Fsp3) is 0.412. The van der Waals surface area contributed by atoms with E-state index in [1.165, 1.54) is 0 Å². The number of hydrogen-bond acceptors (Lipinski definition) is 6. The molecule has 122 valence electrons. The molecule has 0 bridgehead atoms. The van der Waals surface area contributed by atoms with E-state index in [4.69, 9.17) is 4.74 Å². The van der Waals surface area contributed by atoms with Gasteiger partial charge < -0.3 is 19.9 Å². The van der Waals surface area contributed by atoms with Crippen LogP contribution in [-0.2, 0) is 0 Å². The van der Waals surface area contributed by atoms with E-state index in [1.807, 2.05) is 37.3 Å². The molecule has 0 spiro atoms. The lowest BCUT2D eigenvalue weighted by Gasteiger charge is -2.33. The summed E-state index contributed by atoms with van der Waals surface area (Å²) in [5.41, 5.74) is 1.87. The number of hydrogen-bond donors (Lipinski definition) is 1. The Balaban J connectivity index is 1.79. The minimum absolute atomic E-state index is 0.618. The Kier molecular flexibility index (Phi) is 4.62. The van der Waals surface area contributed by atoms with Crippen molar-refractivity contribution < 1.29 is 4.74 Å². The number of likely N-dealkylation sites (N-methyl/N-ethyl adjacent to an activating group) is 1. The lowest BCUT2D eigenvalue weighted by Crippen LogP contribution is -2.44. The first-order valence-electron chi connectivity index (χ1n) is 7.84. The van der Waals surface area contributed by atoms with Gasteiger partial charge in [-0.25, -0.2) is 4.98 Å².